The molecule has 1 saturated carbocycles. The molecule has 0 spiro atoms. The van der Waals surface area contributed by atoms with E-state index in [1.807, 2.05) is 35.6 Å². The maximum absolute atomic E-state index is 5.37. The molecule has 3 aromatic rings. The van der Waals surface area contributed by atoms with E-state index in [2.05, 4.69) is 25.4 Å². The lowest BCUT2D eigenvalue weighted by molar-refractivity contribution is 0.247. The molecule has 0 aromatic carbocycles. The maximum Gasteiger partial charge on any atom is 0.154 e. The average molecular weight is 367 g/mol. The largest absolute Gasteiger partial charge is 0.463 e. The summed E-state index contributed by atoms with van der Waals surface area (Å²) in [5.41, 5.74) is 2.00. The average Bonchev–Trinajstić information content (AvgIpc) is 3.19. The number of piperazine rings is 1. The standard InChI is InChI=1S/C19H21N5OS/c1-2-17(25-11-1)16-5-6-18(22-21-16)24-9-7-23(8-10-24)12-15-13-26-19(20-15)14-3-4-14/h1-2,5-6,11,13-14H,3-4,7-10,12H2. The molecular weight excluding hydrogens is 346 g/mol. The fraction of sp³-hybridized carbons (Fsp3) is 0.421. The Morgan fingerprint density at radius 3 is 2.65 bits per heavy atom. The number of rotatable bonds is 5. The number of nitrogens with zero attached hydrogens (tertiary/aromatic N) is 5. The Balaban J connectivity index is 1.17. The molecule has 2 aliphatic rings. The van der Waals surface area contributed by atoms with Crippen molar-refractivity contribution in [1.29, 1.82) is 0 Å². The lowest BCUT2D eigenvalue weighted by Crippen LogP contribution is -2.46. The Labute approximate surface area is 156 Å². The van der Waals surface area contributed by atoms with E-state index >= 15 is 0 Å². The van der Waals surface area contributed by atoms with Gasteiger partial charge in [-0.1, -0.05) is 0 Å². The fourth-order valence-corrected chi connectivity index (χ4v) is 4.31. The summed E-state index contributed by atoms with van der Waals surface area (Å²) in [6.45, 7) is 4.94. The summed E-state index contributed by atoms with van der Waals surface area (Å²) in [6.07, 6.45) is 4.30. The highest BCUT2D eigenvalue weighted by Gasteiger charge is 2.27. The Kier molecular flexibility index (Phi) is 4.18. The van der Waals surface area contributed by atoms with Crippen LogP contribution in [0.5, 0.6) is 0 Å². The zero-order valence-corrected chi connectivity index (χ0v) is 15.4. The van der Waals surface area contributed by atoms with Gasteiger partial charge in [0.1, 0.15) is 5.69 Å². The summed E-state index contributed by atoms with van der Waals surface area (Å²) in [4.78, 5) is 9.59. The van der Waals surface area contributed by atoms with Crippen LogP contribution in [0.15, 0.2) is 40.3 Å². The van der Waals surface area contributed by atoms with Gasteiger partial charge in [-0.05, 0) is 37.1 Å². The van der Waals surface area contributed by atoms with Crippen molar-refractivity contribution in [2.24, 2.45) is 0 Å². The van der Waals surface area contributed by atoms with E-state index in [1.54, 1.807) is 6.26 Å². The van der Waals surface area contributed by atoms with Gasteiger partial charge < -0.3 is 9.32 Å². The van der Waals surface area contributed by atoms with E-state index in [1.165, 1.54) is 23.5 Å². The van der Waals surface area contributed by atoms with Gasteiger partial charge in [-0.2, -0.15) is 0 Å². The smallest absolute Gasteiger partial charge is 0.154 e. The molecule has 0 bridgehead atoms. The summed E-state index contributed by atoms with van der Waals surface area (Å²) < 4.78 is 5.37. The van der Waals surface area contributed by atoms with Crippen LogP contribution in [-0.2, 0) is 6.54 Å². The molecule has 1 aliphatic heterocycles. The van der Waals surface area contributed by atoms with Crippen LogP contribution >= 0.6 is 11.3 Å². The first kappa shape index (κ1) is 16.0. The van der Waals surface area contributed by atoms with E-state index in [0.717, 1.165) is 55.9 Å². The van der Waals surface area contributed by atoms with Crippen molar-refractivity contribution in [3.8, 4) is 11.5 Å². The first-order valence-corrected chi connectivity index (χ1v) is 10.0. The Morgan fingerprint density at radius 2 is 1.96 bits per heavy atom. The van der Waals surface area contributed by atoms with Crippen LogP contribution < -0.4 is 4.90 Å². The van der Waals surface area contributed by atoms with Gasteiger partial charge in [-0.15, -0.1) is 21.5 Å². The molecule has 6 nitrogen and oxygen atoms in total. The SMILES string of the molecule is c1coc(-c2ccc(N3CCN(Cc4csc(C5CC5)n4)CC3)nn2)c1. The minimum Gasteiger partial charge on any atom is -0.463 e. The molecule has 0 N–H and O–H groups in total. The van der Waals surface area contributed by atoms with Crippen molar-refractivity contribution in [3.63, 3.8) is 0 Å². The van der Waals surface area contributed by atoms with Gasteiger partial charge in [-0.3, -0.25) is 4.90 Å². The molecule has 134 valence electrons. The first-order chi connectivity index (χ1) is 12.8. The molecule has 4 heterocycles. The highest BCUT2D eigenvalue weighted by atomic mass is 32.1. The highest BCUT2D eigenvalue weighted by Crippen LogP contribution is 2.41. The number of hydrogen-bond donors (Lipinski definition) is 0. The van der Waals surface area contributed by atoms with Crippen LogP contribution in [0.3, 0.4) is 0 Å². The number of aromatic nitrogens is 3. The van der Waals surface area contributed by atoms with E-state index in [0.29, 0.717) is 0 Å². The minimum absolute atomic E-state index is 0.752. The second-order valence-electron chi connectivity index (χ2n) is 6.97. The normalized spacial score (nSPS) is 18.4. The van der Waals surface area contributed by atoms with Crippen molar-refractivity contribution in [2.45, 2.75) is 25.3 Å². The zero-order valence-electron chi connectivity index (χ0n) is 14.5. The quantitative estimate of drug-likeness (QED) is 0.689. The van der Waals surface area contributed by atoms with Gasteiger partial charge >= 0.3 is 0 Å². The van der Waals surface area contributed by atoms with Gasteiger partial charge in [0.05, 0.1) is 17.0 Å². The number of furan rings is 1. The van der Waals surface area contributed by atoms with Crippen LogP contribution in [0.4, 0.5) is 5.82 Å². The van der Waals surface area contributed by atoms with Crippen LogP contribution in [0.2, 0.25) is 0 Å². The first-order valence-electron chi connectivity index (χ1n) is 9.14. The van der Waals surface area contributed by atoms with Gasteiger partial charge in [0.15, 0.2) is 11.6 Å². The highest BCUT2D eigenvalue weighted by molar-refractivity contribution is 7.09. The van der Waals surface area contributed by atoms with Crippen molar-refractivity contribution < 1.29 is 4.42 Å². The third-order valence-corrected chi connectivity index (χ3v) is 6.06. The molecule has 2 fully saturated rings. The van der Waals surface area contributed by atoms with Crippen LogP contribution in [0.1, 0.15) is 29.5 Å². The van der Waals surface area contributed by atoms with Gasteiger partial charge in [0.25, 0.3) is 0 Å². The molecule has 7 heteroatoms. The number of hydrogen-bond acceptors (Lipinski definition) is 7. The van der Waals surface area contributed by atoms with E-state index in [9.17, 15) is 0 Å². The maximum atomic E-state index is 5.37. The lowest BCUT2D eigenvalue weighted by Gasteiger charge is -2.34. The molecule has 1 saturated heterocycles. The van der Waals surface area contributed by atoms with Crippen LogP contribution in [-0.4, -0.2) is 46.3 Å². The fourth-order valence-electron chi connectivity index (χ4n) is 3.33. The van der Waals surface area contributed by atoms with Crippen molar-refractivity contribution in [1.82, 2.24) is 20.1 Å². The Hall–Kier alpha value is -2.25. The summed E-state index contributed by atoms with van der Waals surface area (Å²) in [5.74, 6) is 2.45. The Morgan fingerprint density at radius 1 is 1.08 bits per heavy atom. The van der Waals surface area contributed by atoms with Gasteiger partial charge in [0.2, 0.25) is 0 Å². The Bertz CT molecular complexity index is 848. The number of anilines is 1. The predicted molar refractivity (Wildman–Crippen MR) is 101 cm³/mol. The molecule has 1 aliphatic carbocycles. The summed E-state index contributed by atoms with van der Waals surface area (Å²) in [7, 11) is 0. The number of thiazole rings is 1. The third-order valence-electron chi connectivity index (χ3n) is 5.00. The van der Waals surface area contributed by atoms with Gasteiger partial charge in [0, 0.05) is 44.0 Å². The summed E-state index contributed by atoms with van der Waals surface area (Å²) in [5, 5.41) is 12.3. The molecule has 0 atom stereocenters. The topological polar surface area (TPSA) is 58.3 Å². The van der Waals surface area contributed by atoms with Crippen molar-refractivity contribution >= 4 is 17.2 Å². The molecular formula is C19H21N5OS. The van der Waals surface area contributed by atoms with E-state index in [-0.39, 0.29) is 0 Å². The zero-order chi connectivity index (χ0) is 17.3. The summed E-state index contributed by atoms with van der Waals surface area (Å²) in [6, 6.07) is 7.76. The second-order valence-corrected chi connectivity index (χ2v) is 7.86. The predicted octanol–water partition coefficient (Wildman–Crippen LogP) is 3.39. The monoisotopic (exact) mass is 367 g/mol. The third kappa shape index (κ3) is 3.37. The minimum atomic E-state index is 0.752. The van der Waals surface area contributed by atoms with Crippen LogP contribution in [0.25, 0.3) is 11.5 Å². The van der Waals surface area contributed by atoms with E-state index < -0.39 is 0 Å². The van der Waals surface area contributed by atoms with E-state index in [4.69, 9.17) is 9.40 Å². The van der Waals surface area contributed by atoms with Crippen LogP contribution in [0, 0.1) is 0 Å². The van der Waals surface area contributed by atoms with Gasteiger partial charge in [-0.25, -0.2) is 4.98 Å². The van der Waals surface area contributed by atoms with Crippen molar-refractivity contribution in [2.75, 3.05) is 31.1 Å². The molecule has 3 aromatic heterocycles. The molecule has 0 amide bonds. The molecule has 0 radical (unpaired) electrons. The summed E-state index contributed by atoms with van der Waals surface area (Å²) >= 11 is 1.83. The molecule has 5 rings (SSSR count). The van der Waals surface area contributed by atoms with Crippen molar-refractivity contribution in [3.05, 3.63) is 46.6 Å². The molecule has 26 heavy (non-hydrogen) atoms. The second kappa shape index (κ2) is 6.81. The lowest BCUT2D eigenvalue weighted by atomic mass is 10.2. The molecule has 0 unspecified atom stereocenters.